The second kappa shape index (κ2) is 6.89. The summed E-state index contributed by atoms with van der Waals surface area (Å²) in [5.41, 5.74) is 1.69. The molecule has 1 unspecified atom stereocenters. The molecular formula is C16H16ClNO2S. The predicted octanol–water partition coefficient (Wildman–Crippen LogP) is 3.99. The van der Waals surface area contributed by atoms with E-state index in [1.165, 1.54) is 6.08 Å². The molecule has 0 aliphatic rings. The molecule has 0 bridgehead atoms. The Bertz CT molecular complexity index is 710. The summed E-state index contributed by atoms with van der Waals surface area (Å²) in [6.07, 6.45) is 1.54. The second-order valence-corrected chi connectivity index (χ2v) is 6.68. The van der Waals surface area contributed by atoms with Crippen molar-refractivity contribution >= 4 is 27.7 Å². The lowest BCUT2D eigenvalue weighted by Crippen LogP contribution is -2.24. The maximum atomic E-state index is 12.0. The third-order valence-electron chi connectivity index (χ3n) is 2.95. The van der Waals surface area contributed by atoms with E-state index in [9.17, 15) is 8.42 Å². The number of rotatable bonds is 5. The lowest BCUT2D eigenvalue weighted by atomic mass is 10.1. The number of sulfonamides is 1. The summed E-state index contributed by atoms with van der Waals surface area (Å²) in [5.74, 6) is 0. The van der Waals surface area contributed by atoms with E-state index in [0.717, 1.165) is 16.5 Å². The van der Waals surface area contributed by atoms with Gasteiger partial charge in [-0.25, -0.2) is 13.1 Å². The van der Waals surface area contributed by atoms with Crippen molar-refractivity contribution in [1.29, 1.82) is 0 Å². The quantitative estimate of drug-likeness (QED) is 0.905. The molecule has 0 aliphatic heterocycles. The lowest BCUT2D eigenvalue weighted by Gasteiger charge is -2.12. The zero-order chi connectivity index (χ0) is 15.3. The van der Waals surface area contributed by atoms with Crippen molar-refractivity contribution in [2.45, 2.75) is 13.0 Å². The maximum absolute atomic E-state index is 12.0. The molecule has 0 radical (unpaired) electrons. The van der Waals surface area contributed by atoms with Gasteiger partial charge in [-0.3, -0.25) is 0 Å². The largest absolute Gasteiger partial charge is 0.234 e. The summed E-state index contributed by atoms with van der Waals surface area (Å²) >= 11 is 5.78. The van der Waals surface area contributed by atoms with Gasteiger partial charge in [0.15, 0.2) is 0 Å². The standard InChI is InChI=1S/C16H16ClNO2S/c1-13(15-5-3-2-4-6-15)18-21(19,20)12-11-14-7-9-16(17)10-8-14/h2-13,18H,1H3/b12-11+. The van der Waals surface area contributed by atoms with Crippen LogP contribution >= 0.6 is 11.6 Å². The summed E-state index contributed by atoms with van der Waals surface area (Å²) in [6, 6.07) is 16.1. The Morgan fingerprint density at radius 1 is 1.05 bits per heavy atom. The Morgan fingerprint density at radius 2 is 1.67 bits per heavy atom. The Morgan fingerprint density at radius 3 is 2.29 bits per heavy atom. The average Bonchev–Trinajstić information content (AvgIpc) is 2.47. The normalized spacial score (nSPS) is 13.4. The van der Waals surface area contributed by atoms with Gasteiger partial charge in [0.25, 0.3) is 0 Å². The van der Waals surface area contributed by atoms with Crippen LogP contribution < -0.4 is 4.72 Å². The minimum Gasteiger partial charge on any atom is -0.208 e. The summed E-state index contributed by atoms with van der Waals surface area (Å²) < 4.78 is 26.7. The highest BCUT2D eigenvalue weighted by Crippen LogP contribution is 2.14. The predicted molar refractivity (Wildman–Crippen MR) is 87.4 cm³/mol. The van der Waals surface area contributed by atoms with Crippen molar-refractivity contribution in [1.82, 2.24) is 4.72 Å². The van der Waals surface area contributed by atoms with Crippen molar-refractivity contribution in [3.8, 4) is 0 Å². The fourth-order valence-electron chi connectivity index (χ4n) is 1.84. The van der Waals surface area contributed by atoms with Crippen LogP contribution in [0.2, 0.25) is 5.02 Å². The first-order chi connectivity index (χ1) is 9.96. The molecular weight excluding hydrogens is 306 g/mol. The molecule has 110 valence electrons. The fourth-order valence-corrected chi connectivity index (χ4v) is 3.01. The van der Waals surface area contributed by atoms with Gasteiger partial charge in [0.2, 0.25) is 10.0 Å². The Labute approximate surface area is 130 Å². The van der Waals surface area contributed by atoms with Gasteiger partial charge in [-0.1, -0.05) is 54.1 Å². The number of benzene rings is 2. The van der Waals surface area contributed by atoms with Crippen molar-refractivity contribution in [2.24, 2.45) is 0 Å². The number of hydrogen-bond donors (Lipinski definition) is 1. The van der Waals surface area contributed by atoms with Gasteiger partial charge in [0.05, 0.1) is 0 Å². The van der Waals surface area contributed by atoms with Crippen molar-refractivity contribution in [2.75, 3.05) is 0 Å². The van der Waals surface area contributed by atoms with Gasteiger partial charge in [-0.2, -0.15) is 0 Å². The second-order valence-electron chi connectivity index (χ2n) is 4.65. The number of hydrogen-bond acceptors (Lipinski definition) is 2. The van der Waals surface area contributed by atoms with E-state index in [4.69, 9.17) is 11.6 Å². The molecule has 0 aliphatic carbocycles. The van der Waals surface area contributed by atoms with Gasteiger partial charge >= 0.3 is 0 Å². The molecule has 0 aromatic heterocycles. The van der Waals surface area contributed by atoms with E-state index < -0.39 is 10.0 Å². The monoisotopic (exact) mass is 321 g/mol. The van der Waals surface area contributed by atoms with Gasteiger partial charge < -0.3 is 0 Å². The first-order valence-corrected chi connectivity index (χ1v) is 8.40. The van der Waals surface area contributed by atoms with E-state index in [2.05, 4.69) is 4.72 Å². The Balaban J connectivity index is 2.06. The van der Waals surface area contributed by atoms with Crippen LogP contribution in [0, 0.1) is 0 Å². The summed E-state index contributed by atoms with van der Waals surface area (Å²) in [4.78, 5) is 0. The van der Waals surface area contributed by atoms with Gasteiger partial charge in [-0.15, -0.1) is 0 Å². The van der Waals surface area contributed by atoms with E-state index in [1.807, 2.05) is 37.3 Å². The van der Waals surface area contributed by atoms with Crippen molar-refractivity contribution in [3.63, 3.8) is 0 Å². The first-order valence-electron chi connectivity index (χ1n) is 6.47. The van der Waals surface area contributed by atoms with Gasteiger partial charge in [0.1, 0.15) is 0 Å². The van der Waals surface area contributed by atoms with Crippen LogP contribution in [0.25, 0.3) is 6.08 Å². The van der Waals surface area contributed by atoms with E-state index in [0.29, 0.717) is 5.02 Å². The third kappa shape index (κ3) is 5.01. The molecule has 1 N–H and O–H groups in total. The van der Waals surface area contributed by atoms with Crippen molar-refractivity contribution in [3.05, 3.63) is 76.2 Å². The molecule has 21 heavy (non-hydrogen) atoms. The highest BCUT2D eigenvalue weighted by molar-refractivity contribution is 7.92. The van der Waals surface area contributed by atoms with E-state index in [1.54, 1.807) is 24.3 Å². The van der Waals surface area contributed by atoms with Crippen LogP contribution in [0.5, 0.6) is 0 Å². The first kappa shape index (κ1) is 15.8. The molecule has 3 nitrogen and oxygen atoms in total. The molecule has 5 heteroatoms. The highest BCUT2D eigenvalue weighted by Gasteiger charge is 2.12. The fraction of sp³-hybridized carbons (Fsp3) is 0.125. The smallest absolute Gasteiger partial charge is 0.208 e. The minimum atomic E-state index is -3.50. The average molecular weight is 322 g/mol. The zero-order valence-corrected chi connectivity index (χ0v) is 13.1. The van der Waals surface area contributed by atoms with Crippen LogP contribution in [0.4, 0.5) is 0 Å². The topological polar surface area (TPSA) is 46.2 Å². The minimum absolute atomic E-state index is 0.286. The maximum Gasteiger partial charge on any atom is 0.234 e. The summed E-state index contributed by atoms with van der Waals surface area (Å²) in [7, 11) is -3.50. The molecule has 1 atom stereocenters. The summed E-state index contributed by atoms with van der Waals surface area (Å²) in [6.45, 7) is 1.81. The van der Waals surface area contributed by atoms with Crippen LogP contribution in [-0.4, -0.2) is 8.42 Å². The van der Waals surface area contributed by atoms with Crippen LogP contribution in [0.1, 0.15) is 24.1 Å². The Kier molecular flexibility index (Phi) is 5.17. The highest BCUT2D eigenvalue weighted by atomic mass is 35.5. The van der Waals surface area contributed by atoms with E-state index in [-0.39, 0.29) is 6.04 Å². The Hall–Kier alpha value is -1.62. The van der Waals surface area contributed by atoms with E-state index >= 15 is 0 Å². The van der Waals surface area contributed by atoms with Crippen molar-refractivity contribution < 1.29 is 8.42 Å². The van der Waals surface area contributed by atoms with Gasteiger partial charge in [-0.05, 0) is 36.3 Å². The third-order valence-corrected chi connectivity index (χ3v) is 4.38. The molecule has 0 fully saturated rings. The van der Waals surface area contributed by atoms with Gasteiger partial charge in [0, 0.05) is 16.5 Å². The zero-order valence-electron chi connectivity index (χ0n) is 11.5. The molecule has 2 aromatic rings. The number of nitrogens with one attached hydrogen (secondary N) is 1. The summed E-state index contributed by atoms with van der Waals surface area (Å²) in [5, 5.41) is 1.78. The molecule has 0 saturated heterocycles. The van der Waals surface area contributed by atoms with Crippen LogP contribution in [0.15, 0.2) is 60.0 Å². The molecule has 0 amide bonds. The molecule has 0 heterocycles. The molecule has 0 saturated carbocycles. The van der Waals surface area contributed by atoms with Crippen LogP contribution in [0.3, 0.4) is 0 Å². The number of halogens is 1. The van der Waals surface area contributed by atoms with Crippen LogP contribution in [-0.2, 0) is 10.0 Å². The molecule has 2 aromatic carbocycles. The molecule has 0 spiro atoms. The lowest BCUT2D eigenvalue weighted by molar-refractivity contribution is 0.576. The SMILES string of the molecule is CC(NS(=O)(=O)/C=C/c1ccc(Cl)cc1)c1ccccc1. The molecule has 2 rings (SSSR count).